The Morgan fingerprint density at radius 2 is 2.40 bits per heavy atom. The highest BCUT2D eigenvalue weighted by Crippen LogP contribution is 2.01. The van der Waals surface area contributed by atoms with Gasteiger partial charge in [0.2, 0.25) is 0 Å². The fourth-order valence-electron chi connectivity index (χ4n) is 1.04. The van der Waals surface area contributed by atoms with Crippen LogP contribution in [0.25, 0.3) is 0 Å². The van der Waals surface area contributed by atoms with Crippen LogP contribution in [-0.2, 0) is 13.5 Å². The van der Waals surface area contributed by atoms with Crippen molar-refractivity contribution in [1.29, 1.82) is 0 Å². The first-order valence-electron chi connectivity index (χ1n) is 3.65. The van der Waals surface area contributed by atoms with E-state index in [-0.39, 0.29) is 0 Å². The molecule has 0 fully saturated rings. The molecule has 0 saturated carbocycles. The van der Waals surface area contributed by atoms with Crippen LogP contribution in [0, 0.1) is 0 Å². The van der Waals surface area contributed by atoms with Crippen LogP contribution in [0.5, 0.6) is 0 Å². The van der Waals surface area contributed by atoms with E-state index < -0.39 is 0 Å². The average molecular weight is 138 g/mol. The second-order valence-electron chi connectivity index (χ2n) is 2.50. The molecule has 0 aliphatic rings. The van der Waals surface area contributed by atoms with E-state index in [4.69, 9.17) is 5.73 Å². The number of aromatic nitrogens is 1. The van der Waals surface area contributed by atoms with Gasteiger partial charge in [0.05, 0.1) is 0 Å². The molecule has 1 heterocycles. The summed E-state index contributed by atoms with van der Waals surface area (Å²) in [5.74, 6) is 0. The van der Waals surface area contributed by atoms with E-state index in [0.29, 0.717) is 0 Å². The third-order valence-corrected chi connectivity index (χ3v) is 1.69. The van der Waals surface area contributed by atoms with Crippen molar-refractivity contribution in [2.45, 2.75) is 12.8 Å². The Bertz CT molecular complexity index is 191. The van der Waals surface area contributed by atoms with E-state index in [1.54, 1.807) is 0 Å². The zero-order chi connectivity index (χ0) is 7.40. The standard InChI is InChI=1S/C8H14N2/c1-10-7-3-5-8(10)4-2-6-9/h3,5,7H,2,4,6,9H2,1H3. The summed E-state index contributed by atoms with van der Waals surface area (Å²) in [6.45, 7) is 0.783. The predicted molar refractivity (Wildman–Crippen MR) is 42.8 cm³/mol. The first kappa shape index (κ1) is 7.35. The van der Waals surface area contributed by atoms with Crippen LogP contribution in [-0.4, -0.2) is 11.1 Å². The van der Waals surface area contributed by atoms with Crippen LogP contribution in [0.4, 0.5) is 0 Å². The van der Waals surface area contributed by atoms with Gasteiger partial charge in [0.1, 0.15) is 0 Å². The molecule has 56 valence electrons. The van der Waals surface area contributed by atoms with Gasteiger partial charge in [-0.2, -0.15) is 0 Å². The van der Waals surface area contributed by atoms with Crippen molar-refractivity contribution in [3.8, 4) is 0 Å². The summed E-state index contributed by atoms with van der Waals surface area (Å²) < 4.78 is 2.13. The summed E-state index contributed by atoms with van der Waals surface area (Å²) in [4.78, 5) is 0. The van der Waals surface area contributed by atoms with E-state index in [9.17, 15) is 0 Å². The topological polar surface area (TPSA) is 30.9 Å². The lowest BCUT2D eigenvalue weighted by Gasteiger charge is -1.99. The molecule has 2 nitrogen and oxygen atoms in total. The van der Waals surface area contributed by atoms with Crippen molar-refractivity contribution in [1.82, 2.24) is 4.57 Å². The molecule has 1 aromatic rings. The van der Waals surface area contributed by atoms with Crippen molar-refractivity contribution < 1.29 is 0 Å². The van der Waals surface area contributed by atoms with Gasteiger partial charge in [-0.1, -0.05) is 0 Å². The number of rotatable bonds is 3. The summed E-state index contributed by atoms with van der Waals surface area (Å²) >= 11 is 0. The van der Waals surface area contributed by atoms with Crippen molar-refractivity contribution in [2.75, 3.05) is 6.54 Å². The molecule has 1 rings (SSSR count). The van der Waals surface area contributed by atoms with Gasteiger partial charge >= 0.3 is 0 Å². The van der Waals surface area contributed by atoms with Crippen molar-refractivity contribution in [2.24, 2.45) is 12.8 Å². The average Bonchev–Trinajstić information content (AvgIpc) is 2.31. The van der Waals surface area contributed by atoms with E-state index in [1.807, 2.05) is 0 Å². The maximum Gasteiger partial charge on any atom is 0.0172 e. The molecule has 2 N–H and O–H groups in total. The summed E-state index contributed by atoms with van der Waals surface area (Å²) in [6.07, 6.45) is 4.24. The van der Waals surface area contributed by atoms with Gasteiger partial charge in [0.15, 0.2) is 0 Å². The molecule has 0 saturated heterocycles. The summed E-state index contributed by atoms with van der Waals surface area (Å²) in [6, 6.07) is 4.20. The van der Waals surface area contributed by atoms with E-state index in [0.717, 1.165) is 19.4 Å². The van der Waals surface area contributed by atoms with Crippen molar-refractivity contribution in [3.05, 3.63) is 24.0 Å². The van der Waals surface area contributed by atoms with Crippen LogP contribution in [0.2, 0.25) is 0 Å². The highest BCUT2D eigenvalue weighted by molar-refractivity contribution is 5.06. The summed E-state index contributed by atoms with van der Waals surface area (Å²) in [5.41, 5.74) is 6.75. The first-order chi connectivity index (χ1) is 4.84. The Hall–Kier alpha value is -0.760. The number of nitrogens with two attached hydrogens (primary N) is 1. The second-order valence-corrected chi connectivity index (χ2v) is 2.50. The Balaban J connectivity index is 2.49. The molecule has 0 atom stereocenters. The zero-order valence-corrected chi connectivity index (χ0v) is 6.38. The molecule has 0 spiro atoms. The first-order valence-corrected chi connectivity index (χ1v) is 3.65. The third kappa shape index (κ3) is 1.61. The quantitative estimate of drug-likeness (QED) is 0.661. The van der Waals surface area contributed by atoms with Crippen molar-refractivity contribution >= 4 is 0 Å². The van der Waals surface area contributed by atoms with Crippen LogP contribution in [0.1, 0.15) is 12.1 Å². The van der Waals surface area contributed by atoms with E-state index in [1.165, 1.54) is 5.69 Å². The van der Waals surface area contributed by atoms with Gasteiger partial charge in [-0.3, -0.25) is 0 Å². The molecule has 0 unspecified atom stereocenters. The Labute approximate surface area is 61.7 Å². The number of nitrogens with zero attached hydrogens (tertiary/aromatic N) is 1. The molecule has 0 amide bonds. The molecule has 10 heavy (non-hydrogen) atoms. The molecule has 0 aliphatic heterocycles. The molecule has 2 heteroatoms. The number of hydrogen-bond acceptors (Lipinski definition) is 1. The molecule has 1 aromatic heterocycles. The highest BCUT2D eigenvalue weighted by atomic mass is 14.9. The molecule has 0 aromatic carbocycles. The molecule has 0 aliphatic carbocycles. The monoisotopic (exact) mass is 138 g/mol. The maximum atomic E-state index is 5.39. The van der Waals surface area contributed by atoms with Gasteiger partial charge in [-0.05, 0) is 31.5 Å². The van der Waals surface area contributed by atoms with Crippen LogP contribution in [0.15, 0.2) is 18.3 Å². The van der Waals surface area contributed by atoms with Crippen molar-refractivity contribution in [3.63, 3.8) is 0 Å². The lowest BCUT2D eigenvalue weighted by atomic mass is 10.2. The zero-order valence-electron chi connectivity index (χ0n) is 6.38. The van der Waals surface area contributed by atoms with Gasteiger partial charge in [-0.25, -0.2) is 0 Å². The predicted octanol–water partition coefficient (Wildman–Crippen LogP) is 0.916. The fraction of sp³-hybridized carbons (Fsp3) is 0.500. The number of aryl methyl sites for hydroxylation is 2. The molecular weight excluding hydrogens is 124 g/mol. The normalized spacial score (nSPS) is 10.2. The van der Waals surface area contributed by atoms with Gasteiger partial charge in [0.25, 0.3) is 0 Å². The number of hydrogen-bond donors (Lipinski definition) is 1. The Kier molecular flexibility index (Phi) is 2.51. The third-order valence-electron chi connectivity index (χ3n) is 1.69. The molecule has 0 radical (unpaired) electrons. The highest BCUT2D eigenvalue weighted by Gasteiger charge is 1.93. The largest absolute Gasteiger partial charge is 0.354 e. The smallest absolute Gasteiger partial charge is 0.0172 e. The molecule has 0 bridgehead atoms. The minimum absolute atomic E-state index is 0.783. The van der Waals surface area contributed by atoms with E-state index >= 15 is 0 Å². The van der Waals surface area contributed by atoms with Gasteiger partial charge in [0, 0.05) is 18.9 Å². The minimum atomic E-state index is 0.783. The maximum absolute atomic E-state index is 5.39. The second kappa shape index (κ2) is 3.42. The molecular formula is C8H14N2. The van der Waals surface area contributed by atoms with E-state index in [2.05, 4.69) is 29.9 Å². The Morgan fingerprint density at radius 3 is 2.90 bits per heavy atom. The summed E-state index contributed by atoms with van der Waals surface area (Å²) in [5, 5.41) is 0. The van der Waals surface area contributed by atoms with Crippen LogP contribution in [0.3, 0.4) is 0 Å². The SMILES string of the molecule is Cn1cccc1CCCN. The lowest BCUT2D eigenvalue weighted by Crippen LogP contribution is -2.02. The Morgan fingerprint density at radius 1 is 1.60 bits per heavy atom. The fourth-order valence-corrected chi connectivity index (χ4v) is 1.04. The van der Waals surface area contributed by atoms with Gasteiger partial charge in [-0.15, -0.1) is 0 Å². The van der Waals surface area contributed by atoms with Crippen LogP contribution < -0.4 is 5.73 Å². The minimum Gasteiger partial charge on any atom is -0.354 e. The summed E-state index contributed by atoms with van der Waals surface area (Å²) in [7, 11) is 2.06. The van der Waals surface area contributed by atoms with Crippen LogP contribution >= 0.6 is 0 Å². The van der Waals surface area contributed by atoms with Gasteiger partial charge < -0.3 is 10.3 Å². The lowest BCUT2D eigenvalue weighted by molar-refractivity contribution is 0.755.